The molecule has 2 aromatic carbocycles. The van der Waals surface area contributed by atoms with Crippen LogP contribution in [0.25, 0.3) is 0 Å². The summed E-state index contributed by atoms with van der Waals surface area (Å²) in [5, 5.41) is 10.1. The van der Waals surface area contributed by atoms with Gasteiger partial charge in [0.05, 0.1) is 22.2 Å². The van der Waals surface area contributed by atoms with Crippen molar-refractivity contribution >= 4 is 59.4 Å². The van der Waals surface area contributed by atoms with Gasteiger partial charge in [-0.25, -0.2) is 0 Å². The van der Waals surface area contributed by atoms with Crippen LogP contribution in [-0.2, 0) is 11.2 Å². The van der Waals surface area contributed by atoms with Crippen LogP contribution < -0.4 is 4.90 Å². The van der Waals surface area contributed by atoms with Gasteiger partial charge in [0.25, 0.3) is 0 Å². The molecular formula is C17H16Cl2LiNO2. The van der Waals surface area contributed by atoms with Crippen LogP contribution in [0.2, 0.25) is 10.0 Å². The molecular weight excluding hydrogens is 328 g/mol. The van der Waals surface area contributed by atoms with Gasteiger partial charge in [0.1, 0.15) is 0 Å². The number of carboxylic acid groups (broad SMARTS) is 1. The second-order valence-electron chi connectivity index (χ2n) is 4.67. The van der Waals surface area contributed by atoms with Crippen molar-refractivity contribution in [3.8, 4) is 0 Å². The number of hydrogen-bond donors (Lipinski definition) is 1. The maximum atomic E-state index is 11.1. The van der Waals surface area contributed by atoms with Crippen molar-refractivity contribution in [2.75, 3.05) is 11.4 Å². The molecule has 0 saturated heterocycles. The average molecular weight is 344 g/mol. The van der Waals surface area contributed by atoms with Crippen molar-refractivity contribution < 1.29 is 9.90 Å². The Morgan fingerprint density at radius 2 is 1.74 bits per heavy atom. The fraction of sp³-hybridized carbons (Fsp3) is 0.118. The molecule has 0 bridgehead atoms. The second kappa shape index (κ2) is 9.05. The summed E-state index contributed by atoms with van der Waals surface area (Å²) in [6.45, 7) is 4.22. The van der Waals surface area contributed by atoms with Crippen LogP contribution in [0, 0.1) is 0 Å². The van der Waals surface area contributed by atoms with E-state index in [1.807, 2.05) is 23.1 Å². The summed E-state index contributed by atoms with van der Waals surface area (Å²) in [6.07, 6.45) is 1.64. The first kappa shape index (κ1) is 19.7. The molecule has 116 valence electrons. The molecule has 3 nitrogen and oxygen atoms in total. The summed E-state index contributed by atoms with van der Waals surface area (Å²) in [4.78, 5) is 13.0. The molecule has 0 fully saturated rings. The minimum absolute atomic E-state index is 0. The van der Waals surface area contributed by atoms with Gasteiger partial charge in [-0.15, -0.1) is 6.58 Å². The number of para-hydroxylation sites is 2. The standard InChI is InChI=1S/C17H15Cl2NO2.Li.H/c1-2-10-20(17-13(18)7-5-8-14(17)19)15-9-4-3-6-12(15)11-16(21)22;;/h2-9H,1,10-11H2,(H,21,22);;. The van der Waals surface area contributed by atoms with Gasteiger partial charge < -0.3 is 10.0 Å². The second-order valence-corrected chi connectivity index (χ2v) is 5.48. The predicted octanol–water partition coefficient (Wildman–Crippen LogP) is 4.30. The average Bonchev–Trinajstić information content (AvgIpc) is 2.46. The van der Waals surface area contributed by atoms with Crippen LogP contribution in [0.3, 0.4) is 0 Å². The molecule has 2 rings (SSSR count). The van der Waals surface area contributed by atoms with Crippen LogP contribution in [0.5, 0.6) is 0 Å². The van der Waals surface area contributed by atoms with Gasteiger partial charge in [-0.3, -0.25) is 4.79 Å². The molecule has 0 atom stereocenters. The molecule has 0 saturated carbocycles. The first-order valence-electron chi connectivity index (χ1n) is 6.66. The SMILES string of the molecule is C=CCN(c1ccccc1CC(=O)O)c1c(Cl)cccc1Cl.[LiH]. The third-order valence-corrected chi connectivity index (χ3v) is 3.75. The number of carboxylic acids is 1. The van der Waals surface area contributed by atoms with Crippen LogP contribution in [0.1, 0.15) is 5.56 Å². The van der Waals surface area contributed by atoms with E-state index in [0.717, 1.165) is 5.69 Å². The summed E-state index contributed by atoms with van der Waals surface area (Å²) >= 11 is 12.6. The molecule has 0 aliphatic rings. The molecule has 0 radical (unpaired) electrons. The third-order valence-electron chi connectivity index (χ3n) is 3.14. The van der Waals surface area contributed by atoms with E-state index in [-0.39, 0.29) is 25.3 Å². The summed E-state index contributed by atoms with van der Waals surface area (Å²) in [6, 6.07) is 12.6. The number of hydrogen-bond acceptors (Lipinski definition) is 2. The Balaban J connectivity index is 0.00000264. The monoisotopic (exact) mass is 343 g/mol. The van der Waals surface area contributed by atoms with E-state index in [1.54, 1.807) is 30.3 Å². The fourth-order valence-electron chi connectivity index (χ4n) is 2.27. The zero-order chi connectivity index (χ0) is 16.1. The van der Waals surface area contributed by atoms with E-state index in [0.29, 0.717) is 27.8 Å². The van der Waals surface area contributed by atoms with Crippen molar-refractivity contribution in [2.45, 2.75) is 6.42 Å². The Kier molecular flexibility index (Phi) is 7.74. The van der Waals surface area contributed by atoms with Crippen LogP contribution in [-0.4, -0.2) is 36.5 Å². The van der Waals surface area contributed by atoms with E-state index < -0.39 is 5.97 Å². The summed E-state index contributed by atoms with van der Waals surface area (Å²) in [7, 11) is 0. The molecule has 0 amide bonds. The quantitative estimate of drug-likeness (QED) is 0.628. The summed E-state index contributed by atoms with van der Waals surface area (Å²) in [5.41, 5.74) is 2.08. The molecule has 6 heteroatoms. The van der Waals surface area contributed by atoms with Gasteiger partial charge in [0, 0.05) is 12.2 Å². The number of nitrogens with zero attached hydrogens (tertiary/aromatic N) is 1. The van der Waals surface area contributed by atoms with Gasteiger partial charge in [-0.2, -0.15) is 0 Å². The van der Waals surface area contributed by atoms with Gasteiger partial charge >= 0.3 is 24.8 Å². The summed E-state index contributed by atoms with van der Waals surface area (Å²) < 4.78 is 0. The van der Waals surface area contributed by atoms with Gasteiger partial charge in [-0.1, -0.05) is 53.5 Å². The van der Waals surface area contributed by atoms with Crippen molar-refractivity contribution in [1.29, 1.82) is 0 Å². The van der Waals surface area contributed by atoms with Crippen molar-refractivity contribution in [2.24, 2.45) is 0 Å². The topological polar surface area (TPSA) is 40.5 Å². The van der Waals surface area contributed by atoms with Gasteiger partial charge in [0.15, 0.2) is 0 Å². The van der Waals surface area contributed by atoms with Crippen LogP contribution >= 0.6 is 23.2 Å². The minimum atomic E-state index is -0.892. The molecule has 2 aromatic rings. The van der Waals surface area contributed by atoms with Gasteiger partial charge in [-0.05, 0) is 23.8 Å². The maximum absolute atomic E-state index is 11.1. The molecule has 1 N–H and O–H groups in total. The van der Waals surface area contributed by atoms with E-state index in [2.05, 4.69) is 6.58 Å². The predicted molar refractivity (Wildman–Crippen MR) is 98.6 cm³/mol. The Labute approximate surface area is 157 Å². The van der Waals surface area contributed by atoms with E-state index in [1.165, 1.54) is 0 Å². The Hall–Kier alpha value is -1.37. The first-order valence-corrected chi connectivity index (χ1v) is 7.42. The van der Waals surface area contributed by atoms with Crippen molar-refractivity contribution in [3.63, 3.8) is 0 Å². The Bertz CT molecular complexity index is 686. The van der Waals surface area contributed by atoms with Crippen molar-refractivity contribution in [3.05, 3.63) is 70.7 Å². The van der Waals surface area contributed by atoms with Crippen LogP contribution in [0.4, 0.5) is 11.4 Å². The van der Waals surface area contributed by atoms with Crippen LogP contribution in [0.15, 0.2) is 55.1 Å². The molecule has 0 unspecified atom stereocenters. The van der Waals surface area contributed by atoms with E-state index in [4.69, 9.17) is 28.3 Å². The zero-order valence-corrected chi connectivity index (χ0v) is 13.3. The van der Waals surface area contributed by atoms with E-state index in [9.17, 15) is 4.79 Å². The number of anilines is 2. The molecule has 0 aromatic heterocycles. The molecule has 23 heavy (non-hydrogen) atoms. The first-order chi connectivity index (χ1) is 10.5. The fourth-order valence-corrected chi connectivity index (χ4v) is 2.87. The number of benzene rings is 2. The van der Waals surface area contributed by atoms with E-state index >= 15 is 0 Å². The van der Waals surface area contributed by atoms with Crippen molar-refractivity contribution in [1.82, 2.24) is 0 Å². The number of rotatable bonds is 6. The summed E-state index contributed by atoms with van der Waals surface area (Å²) in [5.74, 6) is -0.892. The number of carbonyl (C=O) groups is 1. The number of halogens is 2. The molecule has 0 heterocycles. The third kappa shape index (κ3) is 4.80. The van der Waals surface area contributed by atoms with Gasteiger partial charge in [0.2, 0.25) is 0 Å². The molecule has 0 aliphatic heterocycles. The molecule has 0 spiro atoms. The normalized spacial score (nSPS) is 9.83. The zero-order valence-electron chi connectivity index (χ0n) is 11.8. The Morgan fingerprint density at radius 1 is 1.13 bits per heavy atom. The molecule has 0 aliphatic carbocycles. The Morgan fingerprint density at radius 3 is 2.30 bits per heavy atom. The number of aliphatic carboxylic acids is 1.